The second kappa shape index (κ2) is 9.09. The van der Waals surface area contributed by atoms with Crippen LogP contribution in [-0.4, -0.2) is 20.5 Å². The van der Waals surface area contributed by atoms with Gasteiger partial charge in [0.05, 0.1) is 11.6 Å². The Kier molecular flexibility index (Phi) is 6.08. The number of nitrogens with zero attached hydrogens (tertiary/aromatic N) is 3. The average Bonchev–Trinajstić information content (AvgIpc) is 3.15. The van der Waals surface area contributed by atoms with Crippen LogP contribution in [0.5, 0.6) is 5.75 Å². The number of carbonyl (C=O) groups is 1. The van der Waals surface area contributed by atoms with Crippen LogP contribution >= 0.6 is 11.3 Å². The van der Waals surface area contributed by atoms with Crippen molar-refractivity contribution in [3.8, 4) is 5.75 Å². The largest absolute Gasteiger partial charge is 0.487 e. The van der Waals surface area contributed by atoms with E-state index in [4.69, 9.17) is 4.74 Å². The van der Waals surface area contributed by atoms with Crippen LogP contribution in [0, 0.1) is 6.92 Å². The minimum absolute atomic E-state index is 0.0415. The molecule has 0 aliphatic heterocycles. The lowest BCUT2D eigenvalue weighted by molar-refractivity contribution is -0.117. The van der Waals surface area contributed by atoms with Gasteiger partial charge in [0.25, 0.3) is 5.56 Å². The molecule has 8 heteroatoms. The van der Waals surface area contributed by atoms with Gasteiger partial charge < -0.3 is 10.1 Å². The van der Waals surface area contributed by atoms with Gasteiger partial charge in [0, 0.05) is 11.8 Å². The van der Waals surface area contributed by atoms with Crippen molar-refractivity contribution in [2.24, 2.45) is 0 Å². The molecule has 0 unspecified atom stereocenters. The van der Waals surface area contributed by atoms with Crippen LogP contribution in [0.4, 0.5) is 5.69 Å². The molecule has 0 fully saturated rings. The van der Waals surface area contributed by atoms with Gasteiger partial charge in [-0.05, 0) is 43.2 Å². The molecule has 1 atom stereocenters. The van der Waals surface area contributed by atoms with E-state index in [-0.39, 0.29) is 24.0 Å². The molecule has 0 saturated carbocycles. The predicted octanol–water partition coefficient (Wildman–Crippen LogP) is 4.17. The summed E-state index contributed by atoms with van der Waals surface area (Å²) >= 11 is 1.36. The molecule has 0 radical (unpaired) electrons. The van der Waals surface area contributed by atoms with Gasteiger partial charge in [0.1, 0.15) is 17.4 Å². The fourth-order valence-corrected chi connectivity index (χ4v) is 4.07. The van der Waals surface area contributed by atoms with Crippen molar-refractivity contribution in [1.82, 2.24) is 14.6 Å². The maximum Gasteiger partial charge on any atom is 0.275 e. The molecule has 0 bridgehead atoms. The quantitative estimate of drug-likeness (QED) is 0.472. The zero-order chi connectivity index (χ0) is 21.8. The number of anilines is 1. The first-order valence-corrected chi connectivity index (χ1v) is 10.8. The van der Waals surface area contributed by atoms with Crippen molar-refractivity contribution >= 4 is 27.9 Å². The highest BCUT2D eigenvalue weighted by Crippen LogP contribution is 2.23. The van der Waals surface area contributed by atoms with E-state index in [1.807, 2.05) is 44.2 Å². The van der Waals surface area contributed by atoms with Gasteiger partial charge >= 0.3 is 0 Å². The van der Waals surface area contributed by atoms with Gasteiger partial charge in [-0.3, -0.25) is 9.59 Å². The van der Waals surface area contributed by atoms with Crippen LogP contribution < -0.4 is 15.6 Å². The summed E-state index contributed by atoms with van der Waals surface area (Å²) in [5.41, 5.74) is 2.01. The summed E-state index contributed by atoms with van der Waals surface area (Å²) in [6.07, 6.45) is 0.716. The van der Waals surface area contributed by atoms with E-state index in [9.17, 15) is 9.59 Å². The number of aryl methyl sites for hydroxylation is 1. The lowest BCUT2D eigenvalue weighted by Gasteiger charge is -2.15. The fourth-order valence-electron chi connectivity index (χ4n) is 3.30. The Labute approximate surface area is 183 Å². The Morgan fingerprint density at radius 3 is 2.61 bits per heavy atom. The summed E-state index contributed by atoms with van der Waals surface area (Å²) in [4.78, 5) is 29.8. The molecule has 1 amide bonds. The van der Waals surface area contributed by atoms with E-state index in [0.717, 1.165) is 10.6 Å². The van der Waals surface area contributed by atoms with Gasteiger partial charge in [0.2, 0.25) is 10.9 Å². The molecular weight excluding hydrogens is 412 g/mol. The van der Waals surface area contributed by atoms with Gasteiger partial charge in [-0.1, -0.05) is 48.6 Å². The molecule has 2 heterocycles. The number of ether oxygens (including phenoxy) is 1. The highest BCUT2D eigenvalue weighted by Gasteiger charge is 2.18. The first kappa shape index (κ1) is 20.7. The molecule has 158 valence electrons. The van der Waals surface area contributed by atoms with Crippen LogP contribution in [0.3, 0.4) is 0 Å². The summed E-state index contributed by atoms with van der Waals surface area (Å²) in [5.74, 6) is 0.378. The van der Waals surface area contributed by atoms with Crippen LogP contribution in [0.1, 0.15) is 35.5 Å². The minimum Gasteiger partial charge on any atom is -0.487 e. The molecule has 2 aromatic heterocycles. The summed E-state index contributed by atoms with van der Waals surface area (Å²) in [6.45, 7) is 4.00. The predicted molar refractivity (Wildman–Crippen MR) is 121 cm³/mol. The topological polar surface area (TPSA) is 85.6 Å². The number of amides is 1. The van der Waals surface area contributed by atoms with Crippen molar-refractivity contribution in [3.05, 3.63) is 87.3 Å². The van der Waals surface area contributed by atoms with Crippen molar-refractivity contribution < 1.29 is 9.53 Å². The highest BCUT2D eigenvalue weighted by molar-refractivity contribution is 7.16. The summed E-state index contributed by atoms with van der Waals surface area (Å²) in [5, 5.41) is 7.87. The van der Waals surface area contributed by atoms with Crippen LogP contribution in [0.15, 0.2) is 65.5 Å². The lowest BCUT2D eigenvalue weighted by atomic mass is 9.95. The number of carbonyl (C=O) groups excluding carboxylic acids is 1. The summed E-state index contributed by atoms with van der Waals surface area (Å²) in [7, 11) is 0. The molecule has 4 aromatic rings. The molecule has 4 rings (SSSR count). The maximum absolute atomic E-state index is 12.7. The molecule has 0 saturated heterocycles. The maximum atomic E-state index is 12.7. The monoisotopic (exact) mass is 434 g/mol. The van der Waals surface area contributed by atoms with E-state index in [2.05, 4.69) is 15.4 Å². The number of rotatable bonds is 7. The summed E-state index contributed by atoms with van der Waals surface area (Å²) in [6, 6.07) is 18.3. The number of fused-ring (bicyclic) bond motifs is 1. The lowest BCUT2D eigenvalue weighted by Crippen LogP contribution is -2.20. The van der Waals surface area contributed by atoms with E-state index in [0.29, 0.717) is 28.5 Å². The standard InChI is InChI=1S/C23H22N4O3S/c1-3-20(16-7-5-4-6-8-16)22(29)24-17-9-11-19(12-10-17)30-14-18-13-21(28)27-23(25-18)31-15(2)26-27/h4-13,20H,3,14H2,1-2H3,(H,24,29)/t20-/m1/s1. The Morgan fingerprint density at radius 1 is 1.16 bits per heavy atom. The molecular formula is C23H22N4O3S. The molecule has 0 spiro atoms. The Morgan fingerprint density at radius 2 is 1.90 bits per heavy atom. The van der Waals surface area contributed by atoms with Crippen molar-refractivity contribution in [3.63, 3.8) is 0 Å². The zero-order valence-corrected chi connectivity index (χ0v) is 18.1. The number of nitrogens with one attached hydrogen (secondary N) is 1. The smallest absolute Gasteiger partial charge is 0.275 e. The molecule has 31 heavy (non-hydrogen) atoms. The van der Waals surface area contributed by atoms with Crippen molar-refractivity contribution in [2.75, 3.05) is 5.32 Å². The molecule has 7 nitrogen and oxygen atoms in total. The summed E-state index contributed by atoms with van der Waals surface area (Å²) < 4.78 is 7.05. The number of benzene rings is 2. The molecule has 0 aliphatic rings. The second-order valence-corrected chi connectivity index (χ2v) is 8.24. The van der Waals surface area contributed by atoms with Gasteiger partial charge in [-0.15, -0.1) is 0 Å². The van der Waals surface area contributed by atoms with Crippen LogP contribution in [0.2, 0.25) is 0 Å². The third-order valence-electron chi connectivity index (χ3n) is 4.83. The number of hydrogen-bond donors (Lipinski definition) is 1. The van der Waals surface area contributed by atoms with E-state index >= 15 is 0 Å². The second-order valence-electron chi connectivity index (χ2n) is 7.07. The van der Waals surface area contributed by atoms with E-state index < -0.39 is 0 Å². The average molecular weight is 435 g/mol. The van der Waals surface area contributed by atoms with E-state index in [1.54, 1.807) is 24.3 Å². The van der Waals surface area contributed by atoms with Crippen molar-refractivity contribution in [1.29, 1.82) is 0 Å². The number of hydrogen-bond acceptors (Lipinski definition) is 6. The zero-order valence-electron chi connectivity index (χ0n) is 17.2. The van der Waals surface area contributed by atoms with Gasteiger partial charge in [-0.2, -0.15) is 9.61 Å². The minimum atomic E-state index is -0.227. The number of aromatic nitrogens is 3. The third-order valence-corrected chi connectivity index (χ3v) is 5.66. The molecule has 2 aromatic carbocycles. The van der Waals surface area contributed by atoms with Gasteiger partial charge in [-0.25, -0.2) is 4.98 Å². The molecule has 0 aliphatic carbocycles. The van der Waals surface area contributed by atoms with Crippen LogP contribution in [0.25, 0.3) is 4.96 Å². The Hall–Kier alpha value is -3.52. The van der Waals surface area contributed by atoms with Gasteiger partial charge in [0.15, 0.2) is 0 Å². The first-order valence-electron chi connectivity index (χ1n) is 9.98. The fraction of sp³-hybridized carbons (Fsp3) is 0.217. The highest BCUT2D eigenvalue weighted by atomic mass is 32.1. The SMILES string of the molecule is CC[C@@H](C(=O)Nc1ccc(OCc2cc(=O)n3nc(C)sc3n2)cc1)c1ccccc1. The van der Waals surface area contributed by atoms with Crippen LogP contribution in [-0.2, 0) is 11.4 Å². The van der Waals surface area contributed by atoms with Crippen molar-refractivity contribution in [2.45, 2.75) is 32.8 Å². The third kappa shape index (κ3) is 4.80. The normalized spacial score (nSPS) is 11.9. The Balaban J connectivity index is 1.39. The Bertz CT molecular complexity index is 1250. The molecule has 1 N–H and O–H groups in total. The first-order chi connectivity index (χ1) is 15.0. The van der Waals surface area contributed by atoms with E-state index in [1.165, 1.54) is 21.9 Å².